The maximum Gasteiger partial charge on any atom is 0.0608 e. The van der Waals surface area contributed by atoms with E-state index in [0.717, 1.165) is 45.3 Å². The third-order valence-corrected chi connectivity index (χ3v) is 4.63. The van der Waals surface area contributed by atoms with Gasteiger partial charge >= 0.3 is 0 Å². The van der Waals surface area contributed by atoms with Gasteiger partial charge in [-0.2, -0.15) is 0 Å². The van der Waals surface area contributed by atoms with E-state index in [0.29, 0.717) is 0 Å². The molecule has 5 heteroatoms. The van der Waals surface area contributed by atoms with Gasteiger partial charge in [-0.1, -0.05) is 0 Å². The lowest BCUT2D eigenvalue weighted by molar-refractivity contribution is -0.0659. The van der Waals surface area contributed by atoms with Crippen molar-refractivity contribution in [1.29, 1.82) is 0 Å². The molecule has 0 saturated carbocycles. The van der Waals surface area contributed by atoms with Crippen molar-refractivity contribution < 1.29 is 4.74 Å². The van der Waals surface area contributed by atoms with Crippen LogP contribution in [0.4, 0.5) is 0 Å². The Labute approximate surface area is 103 Å². The molecular formula is C12H24N4O. The van der Waals surface area contributed by atoms with Gasteiger partial charge in [0.15, 0.2) is 0 Å². The molecule has 1 atom stereocenters. The second-order valence-corrected chi connectivity index (χ2v) is 5.62. The van der Waals surface area contributed by atoms with Crippen molar-refractivity contribution in [2.24, 2.45) is 11.7 Å². The first kappa shape index (κ1) is 11.9. The number of hydrogen-bond donors (Lipinski definition) is 2. The first-order chi connectivity index (χ1) is 8.32. The molecule has 4 aliphatic heterocycles. The van der Waals surface area contributed by atoms with Crippen molar-refractivity contribution >= 4 is 0 Å². The second kappa shape index (κ2) is 4.82. The van der Waals surface area contributed by atoms with Gasteiger partial charge in [-0.15, -0.1) is 0 Å². The summed E-state index contributed by atoms with van der Waals surface area (Å²) in [5.41, 5.74) is 9.95. The third-order valence-electron chi connectivity index (χ3n) is 4.63. The van der Waals surface area contributed by atoms with Gasteiger partial charge in [-0.25, -0.2) is 10.4 Å². The Morgan fingerprint density at radius 3 is 2.41 bits per heavy atom. The fourth-order valence-electron chi connectivity index (χ4n) is 3.57. The maximum absolute atomic E-state index is 6.09. The van der Waals surface area contributed by atoms with Crippen LogP contribution in [0.5, 0.6) is 0 Å². The number of nitrogens with one attached hydrogen (secondary N) is 1. The largest absolute Gasteiger partial charge is 0.379 e. The Morgan fingerprint density at radius 2 is 1.88 bits per heavy atom. The zero-order valence-electron chi connectivity index (χ0n) is 10.5. The lowest BCUT2D eigenvalue weighted by atomic mass is 9.73. The molecule has 0 amide bonds. The van der Waals surface area contributed by atoms with E-state index in [4.69, 9.17) is 10.5 Å². The minimum absolute atomic E-state index is 0.119. The van der Waals surface area contributed by atoms with Gasteiger partial charge < -0.3 is 15.4 Å². The van der Waals surface area contributed by atoms with E-state index in [9.17, 15) is 0 Å². The average Bonchev–Trinajstić information content (AvgIpc) is 2.41. The highest BCUT2D eigenvalue weighted by atomic mass is 16.5. The van der Waals surface area contributed by atoms with Crippen molar-refractivity contribution in [3.63, 3.8) is 0 Å². The van der Waals surface area contributed by atoms with Crippen molar-refractivity contribution in [2.75, 3.05) is 52.5 Å². The molecule has 0 aromatic carbocycles. The zero-order valence-corrected chi connectivity index (χ0v) is 10.5. The van der Waals surface area contributed by atoms with E-state index in [1.165, 1.54) is 25.9 Å². The van der Waals surface area contributed by atoms with Gasteiger partial charge in [-0.05, 0) is 31.8 Å². The number of morpholine rings is 1. The van der Waals surface area contributed by atoms with E-state index in [1.807, 2.05) is 0 Å². The number of hydrogen-bond acceptors (Lipinski definition) is 5. The van der Waals surface area contributed by atoms with E-state index < -0.39 is 0 Å². The Hall–Kier alpha value is -0.200. The Bertz CT molecular complexity index is 261. The number of nitrogens with zero attached hydrogens (tertiary/aromatic N) is 2. The number of fused-ring (bicyclic) bond motifs is 3. The molecule has 5 nitrogen and oxygen atoms in total. The molecule has 0 aromatic heterocycles. The van der Waals surface area contributed by atoms with E-state index >= 15 is 0 Å². The summed E-state index contributed by atoms with van der Waals surface area (Å²) >= 11 is 0. The van der Waals surface area contributed by atoms with Crippen LogP contribution in [0.25, 0.3) is 0 Å². The summed E-state index contributed by atoms with van der Waals surface area (Å²) in [7, 11) is 0. The number of nitrogens with two attached hydrogens (primary N) is 1. The standard InChI is InChI=1S/C12H24N4O/c13-9-12(14-16-5-7-17-8-6-16)10-15-3-1-11(12)2-4-15/h11,14H,1-10,13H2. The first-order valence-corrected chi connectivity index (χ1v) is 6.85. The monoisotopic (exact) mass is 240 g/mol. The highest BCUT2D eigenvalue weighted by molar-refractivity contribution is 5.04. The van der Waals surface area contributed by atoms with Crippen LogP contribution in [0, 0.1) is 5.92 Å². The van der Waals surface area contributed by atoms with Crippen LogP contribution in [0.15, 0.2) is 0 Å². The average molecular weight is 240 g/mol. The molecule has 1 unspecified atom stereocenters. The van der Waals surface area contributed by atoms with Crippen LogP contribution in [-0.4, -0.2) is 67.9 Å². The number of hydrazine groups is 1. The molecule has 3 N–H and O–H groups in total. The van der Waals surface area contributed by atoms with Crippen LogP contribution >= 0.6 is 0 Å². The Kier molecular flexibility index (Phi) is 3.36. The lowest BCUT2D eigenvalue weighted by Crippen LogP contribution is -2.72. The van der Waals surface area contributed by atoms with Gasteiger partial charge in [0, 0.05) is 26.2 Å². The minimum atomic E-state index is 0.119. The van der Waals surface area contributed by atoms with Gasteiger partial charge in [0.25, 0.3) is 0 Å². The minimum Gasteiger partial charge on any atom is -0.379 e. The van der Waals surface area contributed by atoms with Crippen LogP contribution in [0.3, 0.4) is 0 Å². The normalized spacial score (nSPS) is 42.9. The number of ether oxygens (including phenoxy) is 1. The molecule has 4 fully saturated rings. The summed E-state index contributed by atoms with van der Waals surface area (Å²) < 4.78 is 5.39. The molecule has 0 aromatic rings. The number of piperidine rings is 3. The van der Waals surface area contributed by atoms with E-state index in [1.54, 1.807) is 0 Å². The van der Waals surface area contributed by atoms with E-state index in [-0.39, 0.29) is 5.54 Å². The van der Waals surface area contributed by atoms with Crippen LogP contribution in [0.1, 0.15) is 12.8 Å². The first-order valence-electron chi connectivity index (χ1n) is 6.85. The fourth-order valence-corrected chi connectivity index (χ4v) is 3.57. The van der Waals surface area contributed by atoms with Crippen molar-refractivity contribution in [3.8, 4) is 0 Å². The smallest absolute Gasteiger partial charge is 0.0608 e. The molecule has 4 aliphatic rings. The molecule has 4 saturated heterocycles. The summed E-state index contributed by atoms with van der Waals surface area (Å²) in [6.45, 7) is 8.01. The molecule has 4 heterocycles. The third kappa shape index (κ3) is 2.22. The fraction of sp³-hybridized carbons (Fsp3) is 1.00. The van der Waals surface area contributed by atoms with Crippen LogP contribution in [0.2, 0.25) is 0 Å². The Balaban J connectivity index is 1.68. The molecular weight excluding hydrogens is 216 g/mol. The molecule has 0 aliphatic carbocycles. The highest BCUT2D eigenvalue weighted by Gasteiger charge is 2.46. The highest BCUT2D eigenvalue weighted by Crippen LogP contribution is 2.35. The molecule has 17 heavy (non-hydrogen) atoms. The van der Waals surface area contributed by atoms with Gasteiger partial charge in [0.2, 0.25) is 0 Å². The van der Waals surface area contributed by atoms with Crippen molar-refractivity contribution in [1.82, 2.24) is 15.3 Å². The quantitative estimate of drug-likeness (QED) is 0.679. The molecule has 0 spiro atoms. The summed E-state index contributed by atoms with van der Waals surface area (Å²) in [5, 5.41) is 2.32. The zero-order chi connectivity index (χ0) is 11.7. The predicted octanol–water partition coefficient (Wildman–Crippen LogP) is -0.754. The van der Waals surface area contributed by atoms with Gasteiger partial charge in [-0.3, -0.25) is 0 Å². The second-order valence-electron chi connectivity index (χ2n) is 5.62. The summed E-state index contributed by atoms with van der Waals surface area (Å²) in [5.74, 6) is 0.750. The van der Waals surface area contributed by atoms with Crippen molar-refractivity contribution in [2.45, 2.75) is 18.4 Å². The molecule has 98 valence electrons. The van der Waals surface area contributed by atoms with Crippen molar-refractivity contribution in [3.05, 3.63) is 0 Å². The SMILES string of the molecule is NCC1(NN2CCOCC2)CN2CCC1CC2. The predicted molar refractivity (Wildman–Crippen MR) is 66.5 cm³/mol. The summed E-state index contributed by atoms with van der Waals surface area (Å²) in [4.78, 5) is 2.56. The maximum atomic E-state index is 6.09. The summed E-state index contributed by atoms with van der Waals surface area (Å²) in [6.07, 6.45) is 2.60. The molecule has 4 rings (SSSR count). The Morgan fingerprint density at radius 1 is 1.18 bits per heavy atom. The van der Waals surface area contributed by atoms with Crippen LogP contribution in [-0.2, 0) is 4.74 Å². The lowest BCUT2D eigenvalue weighted by Gasteiger charge is -2.55. The topological polar surface area (TPSA) is 53.8 Å². The summed E-state index contributed by atoms with van der Waals surface area (Å²) in [6, 6.07) is 0. The van der Waals surface area contributed by atoms with Crippen LogP contribution < -0.4 is 11.2 Å². The van der Waals surface area contributed by atoms with Gasteiger partial charge in [0.1, 0.15) is 0 Å². The number of rotatable bonds is 3. The molecule has 0 radical (unpaired) electrons. The van der Waals surface area contributed by atoms with E-state index in [2.05, 4.69) is 15.3 Å². The van der Waals surface area contributed by atoms with Gasteiger partial charge in [0.05, 0.1) is 18.8 Å². The molecule has 2 bridgehead atoms.